The van der Waals surface area contributed by atoms with E-state index in [-0.39, 0.29) is 18.4 Å². The molecule has 2 aromatic rings. The molecule has 1 aliphatic heterocycles. The highest BCUT2D eigenvalue weighted by atomic mass is 19.3. The molecule has 0 radical (unpaired) electrons. The first-order valence-electron chi connectivity index (χ1n) is 10.1. The van der Waals surface area contributed by atoms with Gasteiger partial charge >= 0.3 is 6.61 Å². The second-order valence-electron chi connectivity index (χ2n) is 7.11. The number of hydrogen-bond acceptors (Lipinski definition) is 6. The molecule has 0 bridgehead atoms. The third-order valence-electron chi connectivity index (χ3n) is 5.01. The van der Waals surface area contributed by atoms with E-state index >= 15 is 0 Å². The highest BCUT2D eigenvalue weighted by molar-refractivity contribution is 5.79. The molecule has 2 heterocycles. The average Bonchev–Trinajstić information content (AvgIpc) is 3.38. The Hall–Kier alpha value is -2.95. The van der Waals surface area contributed by atoms with Gasteiger partial charge in [-0.3, -0.25) is 0 Å². The molecule has 0 amide bonds. The van der Waals surface area contributed by atoms with Crippen LogP contribution >= 0.6 is 0 Å². The van der Waals surface area contributed by atoms with Crippen molar-refractivity contribution in [2.75, 3.05) is 20.3 Å². The molecule has 170 valence electrons. The second-order valence-corrected chi connectivity index (χ2v) is 7.11. The number of halogens is 2. The molecule has 1 aromatic carbocycles. The van der Waals surface area contributed by atoms with Crippen molar-refractivity contribution in [3.63, 3.8) is 0 Å². The molecule has 0 spiro atoms. The Kier molecular flexibility index (Phi) is 7.99. The number of benzene rings is 1. The summed E-state index contributed by atoms with van der Waals surface area (Å²) in [5.41, 5.74) is 0.479. The van der Waals surface area contributed by atoms with Crippen molar-refractivity contribution >= 4 is 5.96 Å². The highest BCUT2D eigenvalue weighted by Gasteiger charge is 2.16. The fourth-order valence-corrected chi connectivity index (χ4v) is 3.14. The summed E-state index contributed by atoms with van der Waals surface area (Å²) in [6.07, 6.45) is 2.12. The standard InChI is InChI=1S/C20H28F2N6O3/c1-13-26-27-18(28(13)2)12-25-20(24-11-16-5-4-8-30-16)23-10-14-9-15(29-3)6-7-17(14)31-19(21)22/h6-7,9,16,19H,4-5,8,10-12H2,1-3H3,(H2,23,24,25). The van der Waals surface area contributed by atoms with E-state index in [9.17, 15) is 8.78 Å². The van der Waals surface area contributed by atoms with Crippen molar-refractivity contribution in [2.24, 2.45) is 12.0 Å². The summed E-state index contributed by atoms with van der Waals surface area (Å²) in [6.45, 7) is 0.787. The average molecular weight is 438 g/mol. The maximum atomic E-state index is 12.8. The summed E-state index contributed by atoms with van der Waals surface area (Å²) in [6, 6.07) is 4.65. The van der Waals surface area contributed by atoms with E-state index in [0.29, 0.717) is 30.4 Å². The van der Waals surface area contributed by atoms with Crippen molar-refractivity contribution in [3.05, 3.63) is 35.4 Å². The SMILES string of the molecule is COc1ccc(OC(F)F)c(CN=C(NCc2nnc(C)n2C)NCC2CCCO2)c1. The van der Waals surface area contributed by atoms with E-state index in [1.807, 2.05) is 18.5 Å². The molecule has 1 unspecified atom stereocenters. The quantitative estimate of drug-likeness (QED) is 0.458. The Morgan fingerprint density at radius 2 is 2.19 bits per heavy atom. The van der Waals surface area contributed by atoms with Gasteiger partial charge in [0.2, 0.25) is 0 Å². The fourth-order valence-electron chi connectivity index (χ4n) is 3.14. The minimum Gasteiger partial charge on any atom is -0.497 e. The minimum absolute atomic E-state index is 0.0574. The van der Waals surface area contributed by atoms with Crippen molar-refractivity contribution in [1.82, 2.24) is 25.4 Å². The van der Waals surface area contributed by atoms with Crippen molar-refractivity contribution in [1.29, 1.82) is 0 Å². The molecule has 1 fully saturated rings. The van der Waals surface area contributed by atoms with Crippen LogP contribution in [0.25, 0.3) is 0 Å². The van der Waals surface area contributed by atoms with Gasteiger partial charge in [-0.15, -0.1) is 10.2 Å². The van der Waals surface area contributed by atoms with Gasteiger partial charge in [0, 0.05) is 25.8 Å². The Morgan fingerprint density at radius 3 is 2.84 bits per heavy atom. The van der Waals surface area contributed by atoms with E-state index < -0.39 is 6.61 Å². The van der Waals surface area contributed by atoms with Gasteiger partial charge in [-0.25, -0.2) is 4.99 Å². The number of rotatable bonds is 9. The van der Waals surface area contributed by atoms with Gasteiger partial charge in [0.05, 0.1) is 26.3 Å². The lowest BCUT2D eigenvalue weighted by molar-refractivity contribution is -0.0504. The van der Waals surface area contributed by atoms with Crippen LogP contribution in [-0.4, -0.2) is 53.7 Å². The number of aliphatic imine (C=N–C) groups is 1. The summed E-state index contributed by atoms with van der Waals surface area (Å²) in [7, 11) is 3.39. The van der Waals surface area contributed by atoms with E-state index in [0.717, 1.165) is 31.1 Å². The van der Waals surface area contributed by atoms with Gasteiger partial charge in [-0.05, 0) is 38.0 Å². The van der Waals surface area contributed by atoms with Gasteiger partial charge in [-0.2, -0.15) is 8.78 Å². The number of alkyl halides is 2. The number of nitrogens with zero attached hydrogens (tertiary/aromatic N) is 4. The molecule has 2 N–H and O–H groups in total. The predicted octanol–water partition coefficient (Wildman–Crippen LogP) is 2.15. The van der Waals surface area contributed by atoms with Gasteiger partial charge in [0.1, 0.15) is 17.3 Å². The zero-order valence-electron chi connectivity index (χ0n) is 17.9. The lowest BCUT2D eigenvalue weighted by Crippen LogP contribution is -2.41. The topological polar surface area (TPSA) is 94.8 Å². The van der Waals surface area contributed by atoms with Crippen LogP contribution in [-0.2, 0) is 24.9 Å². The first-order chi connectivity index (χ1) is 15.0. The third kappa shape index (κ3) is 6.51. The molecule has 11 heteroatoms. The molecule has 3 rings (SSSR count). The lowest BCUT2D eigenvalue weighted by Gasteiger charge is -2.16. The van der Waals surface area contributed by atoms with Crippen molar-refractivity contribution in [2.45, 2.75) is 45.6 Å². The molecular formula is C20H28F2N6O3. The summed E-state index contributed by atoms with van der Waals surface area (Å²) >= 11 is 0. The Labute approximate surface area is 179 Å². The fraction of sp³-hybridized carbons (Fsp3) is 0.550. The van der Waals surface area contributed by atoms with Crippen LogP contribution in [0.3, 0.4) is 0 Å². The van der Waals surface area contributed by atoms with E-state index in [2.05, 4.69) is 30.6 Å². The molecule has 1 aliphatic rings. The van der Waals surface area contributed by atoms with Gasteiger partial charge < -0.3 is 29.4 Å². The van der Waals surface area contributed by atoms with E-state index in [1.54, 1.807) is 12.1 Å². The maximum Gasteiger partial charge on any atom is 0.387 e. The number of methoxy groups -OCH3 is 1. The van der Waals surface area contributed by atoms with E-state index in [4.69, 9.17) is 9.47 Å². The third-order valence-corrected chi connectivity index (χ3v) is 5.01. The van der Waals surface area contributed by atoms with Crippen LogP contribution in [0.1, 0.15) is 30.1 Å². The monoisotopic (exact) mass is 438 g/mol. The van der Waals surface area contributed by atoms with Crippen molar-refractivity contribution < 1.29 is 23.0 Å². The predicted molar refractivity (Wildman–Crippen MR) is 110 cm³/mol. The van der Waals surface area contributed by atoms with Crippen LogP contribution < -0.4 is 20.1 Å². The summed E-state index contributed by atoms with van der Waals surface area (Å²) in [4.78, 5) is 4.55. The number of nitrogens with one attached hydrogen (secondary N) is 2. The molecule has 1 saturated heterocycles. The van der Waals surface area contributed by atoms with Gasteiger partial charge in [0.25, 0.3) is 0 Å². The zero-order chi connectivity index (χ0) is 22.2. The van der Waals surface area contributed by atoms with Gasteiger partial charge in [-0.1, -0.05) is 0 Å². The van der Waals surface area contributed by atoms with E-state index in [1.165, 1.54) is 13.2 Å². The van der Waals surface area contributed by atoms with Gasteiger partial charge in [0.15, 0.2) is 11.8 Å². The summed E-state index contributed by atoms with van der Waals surface area (Å²) in [5, 5.41) is 14.6. The van der Waals surface area contributed by atoms with Crippen LogP contribution in [0.2, 0.25) is 0 Å². The number of hydrogen-bond donors (Lipinski definition) is 2. The van der Waals surface area contributed by atoms with Crippen LogP contribution in [0, 0.1) is 6.92 Å². The van der Waals surface area contributed by atoms with Crippen LogP contribution in [0.15, 0.2) is 23.2 Å². The number of guanidine groups is 1. The molecule has 0 saturated carbocycles. The second kappa shape index (κ2) is 10.9. The molecule has 9 nitrogen and oxygen atoms in total. The maximum absolute atomic E-state index is 12.8. The normalized spacial score (nSPS) is 16.6. The Bertz CT molecular complexity index is 884. The number of aromatic nitrogens is 3. The Balaban J connectivity index is 1.74. The number of ether oxygens (including phenoxy) is 3. The summed E-state index contributed by atoms with van der Waals surface area (Å²) < 4.78 is 42.9. The first-order valence-corrected chi connectivity index (χ1v) is 10.1. The molecular weight excluding hydrogens is 410 g/mol. The van der Waals surface area contributed by atoms with Crippen LogP contribution in [0.4, 0.5) is 8.78 Å². The molecule has 1 atom stereocenters. The highest BCUT2D eigenvalue weighted by Crippen LogP contribution is 2.26. The largest absolute Gasteiger partial charge is 0.497 e. The lowest BCUT2D eigenvalue weighted by atomic mass is 10.2. The Morgan fingerprint density at radius 1 is 1.35 bits per heavy atom. The molecule has 31 heavy (non-hydrogen) atoms. The first kappa shape index (κ1) is 22.7. The minimum atomic E-state index is -2.93. The molecule has 0 aliphatic carbocycles. The summed E-state index contributed by atoms with van der Waals surface area (Å²) in [5.74, 6) is 2.63. The number of aryl methyl sites for hydroxylation is 1. The zero-order valence-corrected chi connectivity index (χ0v) is 17.9. The smallest absolute Gasteiger partial charge is 0.387 e. The van der Waals surface area contributed by atoms with Crippen LogP contribution in [0.5, 0.6) is 11.5 Å². The molecule has 1 aromatic heterocycles. The van der Waals surface area contributed by atoms with Crippen molar-refractivity contribution in [3.8, 4) is 11.5 Å².